The molecule has 0 unspecified atom stereocenters. The molecule has 10 aromatic rings. The zero-order chi connectivity index (χ0) is 40.1. The summed E-state index contributed by atoms with van der Waals surface area (Å²) in [4.78, 5) is 21.0. The van der Waals surface area contributed by atoms with E-state index in [1.165, 1.54) is 0 Å². The molecule has 10 rings (SSSR count). The molecule has 3 aromatic heterocycles. The lowest BCUT2D eigenvalue weighted by atomic mass is 9.93. The zero-order valence-electron chi connectivity index (χ0n) is 32.7. The highest BCUT2D eigenvalue weighted by molar-refractivity contribution is 5.86. The molecule has 0 radical (unpaired) electrons. The highest BCUT2D eigenvalue weighted by atomic mass is 14.9. The number of hydrogen-bond acceptors (Lipinski definition) is 4. The van der Waals surface area contributed by atoms with Gasteiger partial charge in [0.2, 0.25) is 0 Å². The second kappa shape index (κ2) is 16.4. The lowest BCUT2D eigenvalue weighted by Crippen LogP contribution is -1.97. The van der Waals surface area contributed by atoms with Crippen molar-refractivity contribution in [2.45, 2.75) is 0 Å². The average Bonchev–Trinajstić information content (AvgIpc) is 3.35. The third-order valence-corrected chi connectivity index (χ3v) is 10.7. The molecule has 0 saturated heterocycles. The molecule has 0 bridgehead atoms. The van der Waals surface area contributed by atoms with Crippen molar-refractivity contribution in [2.24, 2.45) is 0 Å². The Morgan fingerprint density at radius 1 is 0.167 bits per heavy atom. The Bertz CT molecular complexity index is 2530. The fourth-order valence-corrected chi connectivity index (χ4v) is 7.60. The fourth-order valence-electron chi connectivity index (χ4n) is 7.60. The van der Waals surface area contributed by atoms with Gasteiger partial charge in [0.15, 0.2) is 5.82 Å². The number of pyridine rings is 2. The highest BCUT2D eigenvalue weighted by Crippen LogP contribution is 2.38. The molecule has 0 saturated carbocycles. The molecule has 0 aliphatic rings. The zero-order valence-corrected chi connectivity index (χ0v) is 32.7. The number of hydrogen-bond donors (Lipinski definition) is 0. The smallest absolute Gasteiger partial charge is 0.160 e. The van der Waals surface area contributed by atoms with E-state index in [9.17, 15) is 0 Å². The minimum Gasteiger partial charge on any atom is -0.248 e. The Morgan fingerprint density at radius 2 is 0.383 bits per heavy atom. The first-order valence-corrected chi connectivity index (χ1v) is 20.1. The molecule has 0 fully saturated rings. The van der Waals surface area contributed by atoms with Gasteiger partial charge in [-0.1, -0.05) is 182 Å². The van der Waals surface area contributed by atoms with Crippen molar-refractivity contribution in [3.63, 3.8) is 0 Å². The summed E-state index contributed by atoms with van der Waals surface area (Å²) in [5, 5.41) is 0. The average molecular weight is 767 g/mol. The van der Waals surface area contributed by atoms with Crippen LogP contribution in [0.15, 0.2) is 231 Å². The van der Waals surface area contributed by atoms with Crippen molar-refractivity contribution in [1.29, 1.82) is 0 Å². The SMILES string of the molecule is c1ccc(-c2cc(-c3cc(-c4cc(-c5ccccc5)nc(-c5ccccc5)c4)cc(-c4nc(-c5ccccc5)cc(-c5ccccc5)n4)c3)cc(-c3ccccc3)n2)cc1. The van der Waals surface area contributed by atoms with Crippen LogP contribution in [0.5, 0.6) is 0 Å². The highest BCUT2D eigenvalue weighted by Gasteiger charge is 2.17. The van der Waals surface area contributed by atoms with E-state index in [2.05, 4.69) is 170 Å². The van der Waals surface area contributed by atoms with Crippen LogP contribution in [0.2, 0.25) is 0 Å². The van der Waals surface area contributed by atoms with Crippen molar-refractivity contribution in [2.75, 3.05) is 0 Å². The van der Waals surface area contributed by atoms with Gasteiger partial charge in [-0.15, -0.1) is 0 Å². The van der Waals surface area contributed by atoms with E-state index in [-0.39, 0.29) is 0 Å². The molecule has 0 atom stereocenters. The lowest BCUT2D eigenvalue weighted by molar-refractivity contribution is 1.18. The van der Waals surface area contributed by atoms with Gasteiger partial charge >= 0.3 is 0 Å². The molecule has 0 amide bonds. The predicted octanol–water partition coefficient (Wildman–Crippen LogP) is 14.3. The molecule has 4 heteroatoms. The maximum absolute atomic E-state index is 5.29. The minimum atomic E-state index is 0.638. The Balaban J connectivity index is 1.24. The van der Waals surface area contributed by atoms with Crippen LogP contribution in [0.25, 0.3) is 101 Å². The van der Waals surface area contributed by atoms with E-state index < -0.39 is 0 Å². The molecule has 282 valence electrons. The van der Waals surface area contributed by atoms with Crippen LogP contribution >= 0.6 is 0 Å². The van der Waals surface area contributed by atoms with Crippen LogP contribution in [0.3, 0.4) is 0 Å². The van der Waals surface area contributed by atoms with E-state index in [1.54, 1.807) is 0 Å². The molecular formula is C56H38N4. The molecular weight excluding hydrogens is 729 g/mol. The van der Waals surface area contributed by atoms with Crippen LogP contribution in [0.1, 0.15) is 0 Å². The van der Waals surface area contributed by atoms with Crippen molar-refractivity contribution >= 4 is 0 Å². The molecule has 0 spiro atoms. The first-order chi connectivity index (χ1) is 29.7. The van der Waals surface area contributed by atoms with Gasteiger partial charge in [-0.25, -0.2) is 19.9 Å². The van der Waals surface area contributed by atoms with Crippen LogP contribution in [-0.2, 0) is 0 Å². The monoisotopic (exact) mass is 766 g/mol. The molecule has 0 aliphatic heterocycles. The predicted molar refractivity (Wildman–Crippen MR) is 247 cm³/mol. The van der Waals surface area contributed by atoms with Gasteiger partial charge in [-0.3, -0.25) is 0 Å². The van der Waals surface area contributed by atoms with Crippen LogP contribution < -0.4 is 0 Å². The largest absolute Gasteiger partial charge is 0.248 e. The van der Waals surface area contributed by atoms with E-state index >= 15 is 0 Å². The van der Waals surface area contributed by atoms with E-state index in [4.69, 9.17) is 19.9 Å². The number of rotatable bonds is 9. The van der Waals surface area contributed by atoms with Gasteiger partial charge in [-0.05, 0) is 70.8 Å². The molecule has 0 aliphatic carbocycles. The number of aromatic nitrogens is 4. The summed E-state index contributed by atoms with van der Waals surface area (Å²) >= 11 is 0. The standard InChI is InChI=1S/C56H38N4/c1-7-19-39(20-8-1)50-34-47(35-51(57-50)40-21-9-2-10-22-40)45-31-46(48-36-52(41-23-11-3-12-24-41)58-53(37-48)42-25-13-4-14-26-42)33-49(32-45)56-59-54(43-27-15-5-16-28-43)38-55(60-56)44-29-17-6-18-30-44/h1-38H. The second-order valence-corrected chi connectivity index (χ2v) is 14.7. The summed E-state index contributed by atoms with van der Waals surface area (Å²) in [6.07, 6.45) is 0. The van der Waals surface area contributed by atoms with E-state index in [0.29, 0.717) is 5.82 Å². The Kier molecular flexibility index (Phi) is 9.92. The van der Waals surface area contributed by atoms with Gasteiger partial charge in [-0.2, -0.15) is 0 Å². The summed E-state index contributed by atoms with van der Waals surface area (Å²) in [5.41, 5.74) is 16.6. The first-order valence-electron chi connectivity index (χ1n) is 20.1. The van der Waals surface area contributed by atoms with Gasteiger partial charge in [0.25, 0.3) is 0 Å². The van der Waals surface area contributed by atoms with Gasteiger partial charge < -0.3 is 0 Å². The van der Waals surface area contributed by atoms with Crippen LogP contribution in [0, 0.1) is 0 Å². The van der Waals surface area contributed by atoms with Crippen molar-refractivity contribution < 1.29 is 0 Å². The minimum absolute atomic E-state index is 0.638. The van der Waals surface area contributed by atoms with Crippen LogP contribution in [0.4, 0.5) is 0 Å². The van der Waals surface area contributed by atoms with Crippen molar-refractivity contribution in [1.82, 2.24) is 19.9 Å². The summed E-state index contributed by atoms with van der Waals surface area (Å²) < 4.78 is 0. The molecule has 7 aromatic carbocycles. The molecule has 0 N–H and O–H groups in total. The topological polar surface area (TPSA) is 51.6 Å². The number of nitrogens with zero attached hydrogens (tertiary/aromatic N) is 4. The third-order valence-electron chi connectivity index (χ3n) is 10.7. The summed E-state index contributed by atoms with van der Waals surface area (Å²) in [6.45, 7) is 0. The van der Waals surface area contributed by atoms with E-state index in [0.717, 1.165) is 95.4 Å². The molecule has 3 heterocycles. The van der Waals surface area contributed by atoms with Crippen LogP contribution in [-0.4, -0.2) is 19.9 Å². The number of benzene rings is 7. The second-order valence-electron chi connectivity index (χ2n) is 14.7. The first kappa shape index (κ1) is 36.3. The van der Waals surface area contributed by atoms with Crippen molar-refractivity contribution in [3.05, 3.63) is 231 Å². The fraction of sp³-hybridized carbons (Fsp3) is 0. The molecule has 4 nitrogen and oxygen atoms in total. The normalized spacial score (nSPS) is 11.0. The Morgan fingerprint density at radius 3 is 0.650 bits per heavy atom. The maximum Gasteiger partial charge on any atom is 0.160 e. The Hall–Kier alpha value is -8.08. The summed E-state index contributed by atoms with van der Waals surface area (Å²) in [5.74, 6) is 0.638. The van der Waals surface area contributed by atoms with Gasteiger partial charge in [0, 0.05) is 38.9 Å². The van der Waals surface area contributed by atoms with Gasteiger partial charge in [0.05, 0.1) is 34.2 Å². The molecule has 60 heavy (non-hydrogen) atoms. The summed E-state index contributed by atoms with van der Waals surface area (Å²) in [7, 11) is 0. The van der Waals surface area contributed by atoms with Gasteiger partial charge in [0.1, 0.15) is 0 Å². The maximum atomic E-state index is 5.29. The van der Waals surface area contributed by atoms with Crippen molar-refractivity contribution in [3.8, 4) is 101 Å². The lowest BCUT2D eigenvalue weighted by Gasteiger charge is -2.16. The van der Waals surface area contributed by atoms with E-state index in [1.807, 2.05) is 60.7 Å². The quantitative estimate of drug-likeness (QED) is 0.147. The third kappa shape index (κ3) is 7.78. The summed E-state index contributed by atoms with van der Waals surface area (Å²) in [6, 6.07) is 79.8. The Labute approximate surface area is 350 Å².